The maximum absolute atomic E-state index is 16.1. The summed E-state index contributed by atoms with van der Waals surface area (Å²) in [6.45, 7) is 8.27. The Labute approximate surface area is 415 Å². The van der Waals surface area contributed by atoms with Crippen molar-refractivity contribution in [1.82, 2.24) is 9.13 Å². The summed E-state index contributed by atoms with van der Waals surface area (Å²) >= 11 is 0. The zero-order valence-corrected chi connectivity index (χ0v) is 40.1. The average Bonchev–Trinajstić information content (AvgIpc) is 3.90. The Kier molecular flexibility index (Phi) is 10.6. The molecule has 3 nitrogen and oxygen atoms in total. The summed E-state index contributed by atoms with van der Waals surface area (Å²) in [5, 5.41) is 13.8. The van der Waals surface area contributed by atoms with Gasteiger partial charge in [0.25, 0.3) is 0 Å². The van der Waals surface area contributed by atoms with Crippen LogP contribution in [0.3, 0.4) is 0 Å². The molecule has 0 atom stereocenters. The highest BCUT2D eigenvalue weighted by Crippen LogP contribution is 2.47. The molecule has 0 aliphatic rings. The summed E-state index contributed by atoms with van der Waals surface area (Å²) in [5.41, 5.74) is 16.7. The molecule has 0 saturated heterocycles. The normalized spacial score (nSPS) is 11.8. The van der Waals surface area contributed by atoms with Crippen LogP contribution in [-0.4, -0.2) is 9.13 Å². The number of nitrogens with zero attached hydrogens (tertiary/aromatic N) is 3. The van der Waals surface area contributed by atoms with Gasteiger partial charge in [-0.15, -0.1) is 0 Å². The van der Waals surface area contributed by atoms with Crippen LogP contribution in [0.5, 0.6) is 0 Å². The second-order valence-corrected chi connectivity index (χ2v) is 19.1. The smallest absolute Gasteiger partial charge is 0.307 e. The first-order valence-corrected chi connectivity index (χ1v) is 24.1. The monoisotopic (exact) mass is 937 g/mol. The Bertz CT molecular complexity index is 3940. The molecule has 0 aliphatic carbocycles. The molecular formula is C66H46F3N3. The quantitative estimate of drug-likeness (QED) is 0.157. The van der Waals surface area contributed by atoms with E-state index in [0.717, 1.165) is 110 Å². The Balaban J connectivity index is 1.22. The highest BCUT2D eigenvalue weighted by Gasteiger charge is 2.36. The number of hydrogen-bond acceptors (Lipinski definition) is 1. The van der Waals surface area contributed by atoms with E-state index >= 15 is 13.2 Å². The van der Waals surface area contributed by atoms with Gasteiger partial charge in [-0.1, -0.05) is 156 Å². The molecule has 12 rings (SSSR count). The van der Waals surface area contributed by atoms with E-state index in [1.54, 1.807) is 30.3 Å². The van der Waals surface area contributed by atoms with Gasteiger partial charge in [0.1, 0.15) is 0 Å². The van der Waals surface area contributed by atoms with Crippen LogP contribution in [0.1, 0.15) is 33.4 Å². The van der Waals surface area contributed by atoms with Crippen molar-refractivity contribution in [3.63, 3.8) is 0 Å². The molecule has 6 heteroatoms. The number of rotatable bonds is 7. The number of halogens is 3. The summed E-state index contributed by atoms with van der Waals surface area (Å²) in [5.74, 6) is 0. The third kappa shape index (κ3) is 7.71. The minimum atomic E-state index is -4.77. The zero-order chi connectivity index (χ0) is 49.4. The van der Waals surface area contributed by atoms with Crippen LogP contribution in [0.4, 0.5) is 13.2 Å². The van der Waals surface area contributed by atoms with Crippen molar-refractivity contribution in [3.8, 4) is 73.1 Å². The van der Waals surface area contributed by atoms with Crippen molar-refractivity contribution >= 4 is 43.6 Å². The van der Waals surface area contributed by atoms with Crippen LogP contribution in [0, 0.1) is 39.0 Å². The molecule has 0 amide bonds. The summed E-state index contributed by atoms with van der Waals surface area (Å²) in [6, 6.07) is 70.7. The van der Waals surface area contributed by atoms with Gasteiger partial charge in [-0.25, -0.2) is 0 Å². The molecule has 0 saturated carbocycles. The summed E-state index contributed by atoms with van der Waals surface area (Å²) in [4.78, 5) is 0. The number of alkyl halides is 3. The molecule has 346 valence electrons. The Morgan fingerprint density at radius 1 is 0.347 bits per heavy atom. The Morgan fingerprint density at radius 3 is 0.986 bits per heavy atom. The van der Waals surface area contributed by atoms with Gasteiger partial charge in [0.05, 0.1) is 50.6 Å². The van der Waals surface area contributed by atoms with E-state index in [-0.39, 0.29) is 11.1 Å². The minimum Gasteiger partial charge on any atom is -0.307 e. The molecule has 0 bridgehead atoms. The molecule has 0 unspecified atom stereocenters. The lowest BCUT2D eigenvalue weighted by molar-refractivity contribution is -0.137. The molecule has 0 radical (unpaired) electrons. The molecule has 2 heterocycles. The fourth-order valence-electron chi connectivity index (χ4n) is 10.4. The van der Waals surface area contributed by atoms with Crippen molar-refractivity contribution in [1.29, 1.82) is 5.26 Å². The van der Waals surface area contributed by atoms with Gasteiger partial charge in [-0.05, 0) is 156 Å². The molecular weight excluding hydrogens is 892 g/mol. The molecule has 0 spiro atoms. The summed E-state index contributed by atoms with van der Waals surface area (Å²) in [7, 11) is 0. The molecule has 0 fully saturated rings. The first-order valence-electron chi connectivity index (χ1n) is 24.1. The second-order valence-electron chi connectivity index (χ2n) is 19.1. The lowest BCUT2D eigenvalue weighted by atomic mass is 9.95. The van der Waals surface area contributed by atoms with Crippen molar-refractivity contribution in [2.24, 2.45) is 0 Å². The second kappa shape index (κ2) is 17.2. The van der Waals surface area contributed by atoms with E-state index in [1.807, 2.05) is 16.7 Å². The van der Waals surface area contributed by atoms with Crippen LogP contribution in [0.15, 0.2) is 206 Å². The highest BCUT2D eigenvalue weighted by molar-refractivity contribution is 6.14. The zero-order valence-electron chi connectivity index (χ0n) is 40.1. The van der Waals surface area contributed by atoms with E-state index in [2.05, 4.69) is 196 Å². The van der Waals surface area contributed by atoms with Gasteiger partial charge in [0.2, 0.25) is 0 Å². The molecule has 12 aromatic rings. The SMILES string of the molecule is Cc1ccc(-c2ccc3c(c2)c2cc(-c4ccc(C)cc4)ccc2n3-c2cc(-c3cccc(C#N)c3)c(C(F)(F)F)cc2-n2c3ccc(-c4ccc(C)cc4)cc3c3cc(-c4ccc(C)cc4)ccc32)cc1. The number of aryl methyl sites for hydroxylation is 4. The fraction of sp³-hybridized carbons (Fsp3) is 0.0758. The number of aromatic nitrogens is 2. The Morgan fingerprint density at radius 2 is 0.667 bits per heavy atom. The maximum atomic E-state index is 16.1. The van der Waals surface area contributed by atoms with E-state index in [4.69, 9.17) is 0 Å². The summed E-state index contributed by atoms with van der Waals surface area (Å²) in [6.07, 6.45) is -4.77. The van der Waals surface area contributed by atoms with Crippen LogP contribution >= 0.6 is 0 Å². The number of hydrogen-bond donors (Lipinski definition) is 0. The molecule has 72 heavy (non-hydrogen) atoms. The van der Waals surface area contributed by atoms with E-state index in [1.165, 1.54) is 6.07 Å². The van der Waals surface area contributed by atoms with Crippen LogP contribution in [0.2, 0.25) is 0 Å². The predicted octanol–water partition coefficient (Wildman–Crippen LogP) is 18.3. The molecule has 0 aliphatic heterocycles. The third-order valence-corrected chi connectivity index (χ3v) is 14.3. The van der Waals surface area contributed by atoms with Crippen molar-refractivity contribution in [2.45, 2.75) is 33.9 Å². The summed E-state index contributed by atoms with van der Waals surface area (Å²) < 4.78 is 52.3. The topological polar surface area (TPSA) is 33.6 Å². The van der Waals surface area contributed by atoms with Crippen molar-refractivity contribution in [2.75, 3.05) is 0 Å². The van der Waals surface area contributed by atoms with Crippen LogP contribution in [0.25, 0.3) is 111 Å². The number of benzene rings is 10. The lowest BCUT2D eigenvalue weighted by Gasteiger charge is -2.22. The average molecular weight is 938 g/mol. The van der Waals surface area contributed by atoms with Gasteiger partial charge >= 0.3 is 6.18 Å². The third-order valence-electron chi connectivity index (χ3n) is 14.3. The molecule has 0 N–H and O–H groups in total. The van der Waals surface area contributed by atoms with E-state index in [0.29, 0.717) is 16.9 Å². The first kappa shape index (κ1) is 44.3. The van der Waals surface area contributed by atoms with Crippen molar-refractivity contribution in [3.05, 3.63) is 240 Å². The standard InChI is InChI=1S/C66H46F3N3/c1-40-8-16-45(17-9-40)49-24-28-60-55(33-49)56-34-50(46-18-10-41(2)11-19-46)25-29-61(56)71(60)64-37-54(53-7-5-6-44(32-53)39-70)59(66(67,68)69)38-65(64)72-62-30-26-51(47-20-12-42(3)13-21-47)35-57(62)58-36-52(27-31-63(58)72)48-22-14-43(4)15-23-48/h5-38H,1-4H3. The molecule has 10 aromatic carbocycles. The van der Waals surface area contributed by atoms with E-state index in [9.17, 15) is 5.26 Å². The van der Waals surface area contributed by atoms with Gasteiger partial charge in [0.15, 0.2) is 0 Å². The minimum absolute atomic E-state index is 0.0232. The number of fused-ring (bicyclic) bond motifs is 6. The largest absolute Gasteiger partial charge is 0.417 e. The Hall–Kier alpha value is -8.92. The number of nitriles is 1. The van der Waals surface area contributed by atoms with Gasteiger partial charge in [0, 0.05) is 21.5 Å². The molecule has 2 aromatic heterocycles. The van der Waals surface area contributed by atoms with Crippen LogP contribution < -0.4 is 0 Å². The van der Waals surface area contributed by atoms with Gasteiger partial charge < -0.3 is 9.13 Å². The van der Waals surface area contributed by atoms with Crippen LogP contribution in [-0.2, 0) is 6.18 Å². The predicted molar refractivity (Wildman–Crippen MR) is 291 cm³/mol. The maximum Gasteiger partial charge on any atom is 0.417 e. The lowest BCUT2D eigenvalue weighted by Crippen LogP contribution is -2.12. The van der Waals surface area contributed by atoms with Crippen molar-refractivity contribution < 1.29 is 13.2 Å². The van der Waals surface area contributed by atoms with Gasteiger partial charge in [-0.2, -0.15) is 18.4 Å². The highest BCUT2D eigenvalue weighted by atomic mass is 19.4. The van der Waals surface area contributed by atoms with E-state index < -0.39 is 11.7 Å². The van der Waals surface area contributed by atoms with Gasteiger partial charge in [-0.3, -0.25) is 0 Å². The fourth-order valence-corrected chi connectivity index (χ4v) is 10.4. The first-order chi connectivity index (χ1) is 34.9.